The number of nitrogens with zero attached hydrogens (tertiary/aromatic N) is 4. The fourth-order valence-electron chi connectivity index (χ4n) is 16.8. The Kier molecular flexibility index (Phi) is 47.8. The lowest BCUT2D eigenvalue weighted by molar-refractivity contribution is -0.148. The normalized spacial score (nSPS) is 18.9. The summed E-state index contributed by atoms with van der Waals surface area (Å²) in [5.41, 5.74) is 23.0. The van der Waals surface area contributed by atoms with Crippen LogP contribution in [0.25, 0.3) is 0 Å². The van der Waals surface area contributed by atoms with E-state index in [0.29, 0.717) is 17.5 Å². The van der Waals surface area contributed by atoms with E-state index >= 15 is 0 Å². The summed E-state index contributed by atoms with van der Waals surface area (Å²) in [5.74, 6) is -28.5. The van der Waals surface area contributed by atoms with Crippen LogP contribution in [0.15, 0.2) is 60.7 Å². The van der Waals surface area contributed by atoms with E-state index in [2.05, 4.69) is 74.4 Å². The van der Waals surface area contributed by atoms with Gasteiger partial charge in [-0.3, -0.25) is 115 Å². The number of carbonyl (C=O) groups is 24. The number of carboxylic acid groups (broad SMARTS) is 2. The van der Waals surface area contributed by atoms with Crippen molar-refractivity contribution in [2.45, 2.75) is 292 Å². The number of amides is 22. The molecule has 30 N–H and O–H groups in total. The van der Waals surface area contributed by atoms with Gasteiger partial charge in [-0.1, -0.05) is 102 Å². The highest BCUT2D eigenvalue weighted by molar-refractivity contribution is 6.04. The zero-order valence-electron chi connectivity index (χ0n) is 83.1. The first-order valence-electron chi connectivity index (χ1n) is 48.3. The second kappa shape index (κ2) is 58.0. The number of nitrogens with one attached hydrogen (secondary N) is 15. The number of primary amides is 3. The molecule has 54 nitrogen and oxygen atoms in total. The smallest absolute Gasteiger partial charge is 0.325 e. The molecule has 0 saturated carbocycles. The number of carboxylic acids is 2. The highest BCUT2D eigenvalue weighted by atomic mass is 16.4. The van der Waals surface area contributed by atoms with E-state index < -0.39 is 352 Å². The molecule has 0 spiro atoms. The van der Waals surface area contributed by atoms with Gasteiger partial charge in [0.15, 0.2) is 0 Å². The topological polar surface area (TPSA) is 849 Å². The Morgan fingerprint density at radius 1 is 0.320 bits per heavy atom. The molecule has 4 aliphatic heterocycles. The monoisotopic (exact) mass is 2070 g/mol. The number of benzene rings is 2. The van der Waals surface area contributed by atoms with E-state index in [1.54, 1.807) is 88.4 Å². The summed E-state index contributed by atoms with van der Waals surface area (Å²) >= 11 is 0. The Labute approximate surface area is 845 Å². The van der Waals surface area contributed by atoms with Crippen molar-refractivity contribution in [3.63, 3.8) is 0 Å². The predicted octanol–water partition coefficient (Wildman–Crippen LogP) is -11.6. The number of aliphatic carboxylic acids is 2. The first-order chi connectivity index (χ1) is 69.3. The number of aliphatic hydroxyl groups is 5. The minimum absolute atomic E-state index is 0.0197. The van der Waals surface area contributed by atoms with Crippen LogP contribution in [0.4, 0.5) is 0 Å². The fraction of sp³-hybridized carbons (Fsp3) is 0.613. The van der Waals surface area contributed by atoms with Gasteiger partial charge in [0.05, 0.1) is 45.4 Å². The molecule has 0 radical (unpaired) electrons. The molecule has 147 heavy (non-hydrogen) atoms. The number of nitrogens with two attached hydrogens (primary N) is 4. The number of hydrogen-bond donors (Lipinski definition) is 26. The minimum atomic E-state index is -2.23. The second-order valence-corrected chi connectivity index (χ2v) is 37.5. The number of rotatable bonds is 57. The van der Waals surface area contributed by atoms with Crippen LogP contribution in [0.1, 0.15) is 163 Å². The van der Waals surface area contributed by atoms with Crippen LogP contribution in [-0.4, -0.2) is 377 Å². The molecule has 0 aromatic heterocycles. The van der Waals surface area contributed by atoms with Gasteiger partial charge < -0.3 is 158 Å². The average Bonchev–Trinajstić information content (AvgIpc) is 1.66. The lowest BCUT2D eigenvalue weighted by Gasteiger charge is -2.33. The summed E-state index contributed by atoms with van der Waals surface area (Å²) in [6.45, 7) is 8.28. The molecule has 812 valence electrons. The molecule has 4 heterocycles. The lowest BCUT2D eigenvalue weighted by Crippen LogP contribution is -2.63. The SMILES string of the molecule is CC(C)[C@H](NC(=O)[C@H](CCC(N)=O)NC(=O)[C@H](Cc1ccccc1)NC(=O)[C@H](CO)NC(=O)[C@H](CCC(N)=O)NC(=O)[C@@H]1CCCN1C(=O)[C@@H](NC(=O)[C@H](C)NC(=O)[C@@H]1CCCN1C(=O)[C@@H]1CCCN1C(=O)[C@H](CO)NC(=O)[C@H](CO)NC(=O)[C@H](CC(N)=O)NC(=O)[C@H](CC(=O)O)NC(=O)[C@@H](NC(=O)[C@H](Cc1ccccc1)NC(=O)[C@@H](NC(=O)[C@@H]1CCCN1C(=O)[C@@H](N)CO)C(C)C)[C@@H](C)O)C(C)C)C(=O)N[C@@H](C)C(=O)O. The number of carbonyl (C=O) groups excluding carboxylic acids is 22. The Bertz CT molecular complexity index is 5060. The van der Waals surface area contributed by atoms with Crippen LogP contribution < -0.4 is 103 Å². The summed E-state index contributed by atoms with van der Waals surface area (Å²) in [7, 11) is 0. The van der Waals surface area contributed by atoms with Crippen LogP contribution >= 0.6 is 0 Å². The summed E-state index contributed by atoms with van der Waals surface area (Å²) in [4.78, 5) is 333. The highest BCUT2D eigenvalue weighted by Crippen LogP contribution is 2.28. The van der Waals surface area contributed by atoms with Crippen LogP contribution in [0.3, 0.4) is 0 Å². The minimum Gasteiger partial charge on any atom is -0.481 e. The molecular formula is C93H139N23O31. The zero-order chi connectivity index (χ0) is 110. The van der Waals surface area contributed by atoms with Gasteiger partial charge in [0, 0.05) is 51.9 Å². The molecule has 0 aliphatic carbocycles. The Balaban J connectivity index is 1.07. The summed E-state index contributed by atoms with van der Waals surface area (Å²) in [6, 6.07) is -16.4. The number of hydrogen-bond acceptors (Lipinski definition) is 30. The van der Waals surface area contributed by atoms with Gasteiger partial charge >= 0.3 is 11.9 Å². The molecule has 2 aromatic carbocycles. The van der Waals surface area contributed by atoms with Gasteiger partial charge in [-0.25, -0.2) is 0 Å². The third kappa shape index (κ3) is 36.0. The molecule has 22 amide bonds. The maximum Gasteiger partial charge on any atom is 0.325 e. The molecule has 4 aliphatic rings. The molecule has 21 atom stereocenters. The van der Waals surface area contributed by atoms with Crippen molar-refractivity contribution >= 4 is 142 Å². The van der Waals surface area contributed by atoms with Gasteiger partial charge in [-0.05, 0) is 114 Å². The van der Waals surface area contributed by atoms with Crippen LogP contribution in [0.5, 0.6) is 0 Å². The highest BCUT2D eigenvalue weighted by Gasteiger charge is 2.48. The summed E-state index contributed by atoms with van der Waals surface area (Å²) in [6.07, 6.45) is -5.74. The van der Waals surface area contributed by atoms with Crippen molar-refractivity contribution in [2.24, 2.45) is 40.7 Å². The van der Waals surface area contributed by atoms with E-state index in [4.69, 9.17) is 22.9 Å². The lowest BCUT2D eigenvalue weighted by atomic mass is 10.00. The Morgan fingerprint density at radius 3 is 1.10 bits per heavy atom. The van der Waals surface area contributed by atoms with E-state index in [0.717, 1.165) is 21.6 Å². The van der Waals surface area contributed by atoms with E-state index in [1.807, 2.05) is 5.32 Å². The second-order valence-electron chi connectivity index (χ2n) is 37.5. The number of likely N-dealkylation sites (tertiary alicyclic amines) is 4. The maximum absolute atomic E-state index is 14.7. The van der Waals surface area contributed by atoms with E-state index in [1.165, 1.54) is 32.6 Å². The quantitative estimate of drug-likeness (QED) is 0.0292. The first-order valence-corrected chi connectivity index (χ1v) is 48.3. The van der Waals surface area contributed by atoms with E-state index in [9.17, 15) is 151 Å². The standard InChI is InChI=1S/C93H139N23O31/c1-44(2)70(86(139)99-48(8)93(146)147)109-76(129)54(29-31-67(96)123)100-77(130)55(36-50-20-12-10-13-21-50)102-81(134)59(41-118)106-75(128)53(28-30-66(95)122)101-84(137)63-25-18-34-115(63)92(145)72(46(5)6)111-74(127)47(7)98-83(136)62-24-17-33-114(62)91(144)65-27-19-35-116(65)90(143)61(43-120)108-82(135)60(42-119)107-78(131)57(38-68(97)124)103-79(132)58(39-69(125)126)105-88(141)73(49(9)121)112-80(133)56(37-51-22-14-11-15-23-51)104-87(140)71(45(3)4)110-85(138)64-26-16-32-113(64)89(142)52(94)40-117/h10-15,20-23,44-49,52-65,70-73,117-121H,16-19,24-43,94H2,1-9H3,(H2,95,122)(H2,96,123)(H2,97,124)(H,98,136)(H,99,139)(H,100,130)(H,101,137)(H,102,134)(H,103,132)(H,104,140)(H,105,141)(H,106,128)(H,107,131)(H,108,135)(H,109,129)(H,110,138)(H,111,127)(H,112,133)(H,125,126)(H,146,147)/t47-,48-,49+,52-,53-,54-,55-,56-,57-,58-,59-,60-,61-,62-,63-,64-,65-,70-,71-,72-,73-/m0/s1. The van der Waals surface area contributed by atoms with Gasteiger partial charge in [0.1, 0.15) is 121 Å². The van der Waals surface area contributed by atoms with Gasteiger partial charge in [0.25, 0.3) is 0 Å². The van der Waals surface area contributed by atoms with Gasteiger partial charge in [0.2, 0.25) is 130 Å². The number of aliphatic hydroxyl groups excluding tert-OH is 5. The largest absolute Gasteiger partial charge is 0.481 e. The van der Waals surface area contributed by atoms with Crippen LogP contribution in [0.2, 0.25) is 0 Å². The van der Waals surface area contributed by atoms with Crippen molar-refractivity contribution < 1.29 is 151 Å². The molecule has 4 saturated heterocycles. The average molecular weight is 2080 g/mol. The Morgan fingerprint density at radius 2 is 0.653 bits per heavy atom. The summed E-state index contributed by atoms with van der Waals surface area (Å²) < 4.78 is 0. The zero-order valence-corrected chi connectivity index (χ0v) is 83.1. The molecule has 54 heteroatoms. The molecule has 0 bridgehead atoms. The van der Waals surface area contributed by atoms with Crippen molar-refractivity contribution in [2.75, 3.05) is 52.6 Å². The molecule has 0 unspecified atom stereocenters. The maximum atomic E-state index is 14.7. The third-order valence-electron chi connectivity index (χ3n) is 25.1. The van der Waals surface area contributed by atoms with Crippen LogP contribution in [-0.2, 0) is 128 Å². The first kappa shape index (κ1) is 121. The van der Waals surface area contributed by atoms with Crippen molar-refractivity contribution in [3.8, 4) is 0 Å². The van der Waals surface area contributed by atoms with Crippen molar-refractivity contribution in [1.29, 1.82) is 0 Å². The van der Waals surface area contributed by atoms with Gasteiger partial charge in [-0.2, -0.15) is 0 Å². The van der Waals surface area contributed by atoms with Crippen molar-refractivity contribution in [1.82, 2.24) is 99.4 Å². The van der Waals surface area contributed by atoms with Gasteiger partial charge in [-0.15, -0.1) is 0 Å². The third-order valence-corrected chi connectivity index (χ3v) is 25.1. The summed E-state index contributed by atoms with van der Waals surface area (Å²) in [5, 5.41) is 107. The fourth-order valence-corrected chi connectivity index (χ4v) is 16.8. The van der Waals surface area contributed by atoms with E-state index in [-0.39, 0.29) is 84.0 Å². The molecular weight excluding hydrogens is 1940 g/mol. The predicted molar refractivity (Wildman–Crippen MR) is 513 cm³/mol. The van der Waals surface area contributed by atoms with Crippen LogP contribution in [0, 0.1) is 17.8 Å². The molecule has 2 aromatic rings. The Hall–Kier alpha value is -14.5. The molecule has 4 fully saturated rings. The molecule has 6 rings (SSSR count). The van der Waals surface area contributed by atoms with Crippen molar-refractivity contribution in [3.05, 3.63) is 71.8 Å².